The number of rotatable bonds is 8. The molecule has 0 radical (unpaired) electrons. The molecular weight excluding hydrogens is 773 g/mol. The lowest BCUT2D eigenvalue weighted by atomic mass is 9.96. The molecule has 1 heterocycles. The number of hydrogen-bond donors (Lipinski definition) is 0. The third kappa shape index (κ3) is 6.52. The van der Waals surface area contributed by atoms with Gasteiger partial charge < -0.3 is 9.47 Å². The summed E-state index contributed by atoms with van der Waals surface area (Å²) in [4.78, 5) is 2.40. The highest BCUT2D eigenvalue weighted by Crippen LogP contribution is 2.43. The van der Waals surface area contributed by atoms with E-state index in [1.807, 2.05) is 0 Å². The van der Waals surface area contributed by atoms with Gasteiger partial charge in [-0.25, -0.2) is 0 Å². The summed E-state index contributed by atoms with van der Waals surface area (Å²) in [7, 11) is 0. The molecule has 11 aromatic carbocycles. The quantitative estimate of drug-likeness (QED) is 0.148. The molecule has 300 valence electrons. The second-order valence-electron chi connectivity index (χ2n) is 16.5. The molecule has 0 saturated heterocycles. The maximum atomic E-state index is 2.42. The molecule has 1 aromatic heterocycles. The normalized spacial score (nSPS) is 11.4. The second-order valence-corrected chi connectivity index (χ2v) is 16.5. The minimum atomic E-state index is 1.09. The Bertz CT molecular complexity index is 3610. The number of benzene rings is 11. The minimum absolute atomic E-state index is 1.09. The molecular formula is C62H42N2. The van der Waals surface area contributed by atoms with Crippen LogP contribution in [0, 0.1) is 0 Å². The Balaban J connectivity index is 0.950. The van der Waals surface area contributed by atoms with Gasteiger partial charge >= 0.3 is 0 Å². The Morgan fingerprint density at radius 3 is 1.52 bits per heavy atom. The molecule has 2 nitrogen and oxygen atoms in total. The summed E-state index contributed by atoms with van der Waals surface area (Å²) in [5.41, 5.74) is 16.4. The van der Waals surface area contributed by atoms with E-state index in [0.29, 0.717) is 0 Å². The van der Waals surface area contributed by atoms with Crippen molar-refractivity contribution in [2.75, 3.05) is 4.90 Å². The standard InChI is InChI=1S/C62H42N2/c1-2-17-47-42-50(32-31-43(47)15-1)56-23-5-9-27-59(56)63(52-39-35-46(36-40-52)54-26-14-18-45-16-3-4-21-53(45)54)51-37-33-44(34-38-51)48-19-13-20-49(41-48)55-22-6-10-28-60(55)64-61-29-11-7-24-57(61)58-25-8-12-30-62(58)64/h1-42H. The molecule has 12 aromatic rings. The highest BCUT2D eigenvalue weighted by molar-refractivity contribution is 6.10. The van der Waals surface area contributed by atoms with E-state index in [4.69, 9.17) is 0 Å². The van der Waals surface area contributed by atoms with Crippen molar-refractivity contribution in [3.05, 3.63) is 255 Å². The van der Waals surface area contributed by atoms with Crippen molar-refractivity contribution in [3.8, 4) is 50.2 Å². The molecule has 0 bridgehead atoms. The Morgan fingerprint density at radius 2 is 0.766 bits per heavy atom. The maximum Gasteiger partial charge on any atom is 0.0541 e. The monoisotopic (exact) mass is 814 g/mol. The van der Waals surface area contributed by atoms with E-state index in [2.05, 4.69) is 264 Å². The Labute approximate surface area is 373 Å². The van der Waals surface area contributed by atoms with Crippen molar-refractivity contribution in [1.82, 2.24) is 4.57 Å². The Hall–Kier alpha value is -8.46. The third-order valence-corrected chi connectivity index (χ3v) is 12.8. The third-order valence-electron chi connectivity index (χ3n) is 12.8. The number of anilines is 3. The number of para-hydroxylation sites is 4. The molecule has 0 unspecified atom stereocenters. The van der Waals surface area contributed by atoms with Crippen LogP contribution in [0.15, 0.2) is 255 Å². The topological polar surface area (TPSA) is 8.17 Å². The van der Waals surface area contributed by atoms with Crippen molar-refractivity contribution in [3.63, 3.8) is 0 Å². The van der Waals surface area contributed by atoms with Crippen LogP contribution in [0.2, 0.25) is 0 Å². The summed E-state index contributed by atoms with van der Waals surface area (Å²) in [6, 6.07) is 92.7. The average molecular weight is 815 g/mol. The summed E-state index contributed by atoms with van der Waals surface area (Å²) < 4.78 is 2.42. The zero-order chi connectivity index (χ0) is 42.4. The van der Waals surface area contributed by atoms with Crippen LogP contribution in [0.3, 0.4) is 0 Å². The van der Waals surface area contributed by atoms with Gasteiger partial charge in [0.05, 0.1) is 22.4 Å². The highest BCUT2D eigenvalue weighted by atomic mass is 15.1. The van der Waals surface area contributed by atoms with Crippen molar-refractivity contribution >= 4 is 60.4 Å². The predicted octanol–water partition coefficient (Wildman–Crippen LogP) is 17.2. The van der Waals surface area contributed by atoms with Crippen LogP contribution in [0.4, 0.5) is 17.1 Å². The molecule has 0 aliphatic carbocycles. The van der Waals surface area contributed by atoms with Crippen LogP contribution in [0.1, 0.15) is 0 Å². The molecule has 0 fully saturated rings. The van der Waals surface area contributed by atoms with Crippen LogP contribution in [-0.2, 0) is 0 Å². The van der Waals surface area contributed by atoms with Gasteiger partial charge in [0.1, 0.15) is 0 Å². The fourth-order valence-corrected chi connectivity index (χ4v) is 9.73. The van der Waals surface area contributed by atoms with Crippen LogP contribution in [0.25, 0.3) is 93.5 Å². The largest absolute Gasteiger partial charge is 0.310 e. The van der Waals surface area contributed by atoms with Crippen LogP contribution < -0.4 is 4.90 Å². The van der Waals surface area contributed by atoms with E-state index >= 15 is 0 Å². The van der Waals surface area contributed by atoms with Crippen molar-refractivity contribution in [2.45, 2.75) is 0 Å². The summed E-state index contributed by atoms with van der Waals surface area (Å²) in [6.45, 7) is 0. The molecule has 2 heteroatoms. The molecule has 0 aliphatic heterocycles. The minimum Gasteiger partial charge on any atom is -0.310 e. The smallest absolute Gasteiger partial charge is 0.0541 e. The first-order valence-electron chi connectivity index (χ1n) is 22.0. The molecule has 0 N–H and O–H groups in total. The first-order valence-corrected chi connectivity index (χ1v) is 22.0. The summed E-state index contributed by atoms with van der Waals surface area (Å²) in [6.07, 6.45) is 0. The van der Waals surface area contributed by atoms with Gasteiger partial charge in [-0.05, 0) is 116 Å². The fourth-order valence-electron chi connectivity index (χ4n) is 9.73. The Morgan fingerprint density at radius 1 is 0.266 bits per heavy atom. The lowest BCUT2D eigenvalue weighted by molar-refractivity contribution is 1.18. The number of nitrogens with zero attached hydrogens (tertiary/aromatic N) is 2. The van der Waals surface area contributed by atoms with E-state index < -0.39 is 0 Å². The molecule has 12 rings (SSSR count). The van der Waals surface area contributed by atoms with E-state index in [9.17, 15) is 0 Å². The summed E-state index contributed by atoms with van der Waals surface area (Å²) in [5.74, 6) is 0. The molecule has 0 spiro atoms. The van der Waals surface area contributed by atoms with Gasteiger partial charge in [0, 0.05) is 33.3 Å². The van der Waals surface area contributed by atoms with Gasteiger partial charge in [-0.1, -0.05) is 194 Å². The Kier molecular flexibility index (Phi) is 9.20. The zero-order valence-corrected chi connectivity index (χ0v) is 35.1. The molecule has 64 heavy (non-hydrogen) atoms. The SMILES string of the molecule is c1cc(-c2ccc(N(c3ccc(-c4cccc5ccccc45)cc3)c3ccccc3-c3ccc4ccccc4c3)cc2)cc(-c2ccccc2-n2c3ccccc3c3ccccc32)c1. The van der Waals surface area contributed by atoms with Gasteiger partial charge in [0.25, 0.3) is 0 Å². The van der Waals surface area contributed by atoms with Gasteiger partial charge in [-0.3, -0.25) is 0 Å². The van der Waals surface area contributed by atoms with E-state index in [0.717, 1.165) is 22.6 Å². The summed E-state index contributed by atoms with van der Waals surface area (Å²) in [5, 5.41) is 7.48. The molecule has 0 amide bonds. The molecule has 0 aliphatic rings. The van der Waals surface area contributed by atoms with Crippen molar-refractivity contribution in [2.24, 2.45) is 0 Å². The molecule has 0 saturated carbocycles. The van der Waals surface area contributed by atoms with E-state index in [-0.39, 0.29) is 0 Å². The van der Waals surface area contributed by atoms with E-state index in [1.54, 1.807) is 0 Å². The first kappa shape index (κ1) is 37.3. The van der Waals surface area contributed by atoms with Gasteiger partial charge in [-0.15, -0.1) is 0 Å². The van der Waals surface area contributed by atoms with Crippen LogP contribution >= 0.6 is 0 Å². The lowest BCUT2D eigenvalue weighted by Crippen LogP contribution is -2.11. The van der Waals surface area contributed by atoms with Crippen LogP contribution in [-0.4, -0.2) is 4.57 Å². The summed E-state index contributed by atoms with van der Waals surface area (Å²) >= 11 is 0. The maximum absolute atomic E-state index is 2.42. The first-order chi connectivity index (χ1) is 31.7. The molecule has 0 atom stereocenters. The van der Waals surface area contributed by atoms with Crippen LogP contribution in [0.5, 0.6) is 0 Å². The van der Waals surface area contributed by atoms with Gasteiger partial charge in [0.2, 0.25) is 0 Å². The highest BCUT2D eigenvalue weighted by Gasteiger charge is 2.19. The number of aromatic nitrogens is 1. The van der Waals surface area contributed by atoms with E-state index in [1.165, 1.54) is 88.0 Å². The van der Waals surface area contributed by atoms with Gasteiger partial charge in [-0.2, -0.15) is 0 Å². The number of fused-ring (bicyclic) bond motifs is 5. The zero-order valence-electron chi connectivity index (χ0n) is 35.1. The average Bonchev–Trinajstić information content (AvgIpc) is 3.71. The van der Waals surface area contributed by atoms with Crippen molar-refractivity contribution < 1.29 is 0 Å². The number of hydrogen-bond acceptors (Lipinski definition) is 1. The second kappa shape index (κ2) is 15.8. The van der Waals surface area contributed by atoms with Gasteiger partial charge in [0.15, 0.2) is 0 Å². The van der Waals surface area contributed by atoms with Crippen molar-refractivity contribution in [1.29, 1.82) is 0 Å². The lowest BCUT2D eigenvalue weighted by Gasteiger charge is -2.28. The predicted molar refractivity (Wildman–Crippen MR) is 272 cm³/mol. The fraction of sp³-hybridized carbons (Fsp3) is 0.